The third-order valence-electron chi connectivity index (χ3n) is 6.21. The highest BCUT2D eigenvalue weighted by molar-refractivity contribution is 5.94. The minimum Gasteiger partial charge on any atom is -0.443 e. The van der Waals surface area contributed by atoms with Crippen LogP contribution < -0.4 is 0 Å². The lowest BCUT2D eigenvalue weighted by Gasteiger charge is -2.37. The average Bonchev–Trinajstić information content (AvgIpc) is 3.14. The van der Waals surface area contributed by atoms with Crippen molar-refractivity contribution in [2.75, 3.05) is 6.54 Å². The molecule has 1 aromatic heterocycles. The van der Waals surface area contributed by atoms with Crippen molar-refractivity contribution in [3.05, 3.63) is 107 Å². The summed E-state index contributed by atoms with van der Waals surface area (Å²) in [6.07, 6.45) is 0.574. The maximum absolute atomic E-state index is 13.6. The number of hydrogen-bond acceptors (Lipinski definition) is 3. The summed E-state index contributed by atoms with van der Waals surface area (Å²) in [6, 6.07) is 29.2. The van der Waals surface area contributed by atoms with E-state index in [1.807, 2.05) is 49.6 Å². The average molecular weight is 439 g/mol. The van der Waals surface area contributed by atoms with E-state index in [1.165, 1.54) is 16.7 Å². The lowest BCUT2D eigenvalue weighted by molar-refractivity contribution is 0.0529. The van der Waals surface area contributed by atoms with Crippen molar-refractivity contribution in [2.45, 2.75) is 45.4 Å². The third kappa shape index (κ3) is 4.19. The molecular formula is C29H30N2O2. The third-order valence-corrected chi connectivity index (χ3v) is 6.21. The molecule has 0 saturated heterocycles. The molecule has 0 aliphatic carbocycles. The first-order valence-corrected chi connectivity index (χ1v) is 11.6. The Kier molecular flexibility index (Phi) is 5.55. The van der Waals surface area contributed by atoms with E-state index in [1.54, 1.807) is 0 Å². The highest BCUT2D eigenvalue weighted by atomic mass is 16.6. The SMILES string of the molecule is CC(C)(C)OC(=O)n1c2c(c3ccccc31)CCN(Cc1ccccc1)[C@@H]2c1ccccc1. The molecule has 0 saturated carbocycles. The van der Waals surface area contributed by atoms with Gasteiger partial charge in [-0.05, 0) is 49.9 Å². The Morgan fingerprint density at radius 2 is 1.55 bits per heavy atom. The first-order valence-electron chi connectivity index (χ1n) is 11.6. The molecule has 1 aliphatic heterocycles. The van der Waals surface area contributed by atoms with E-state index in [0.29, 0.717) is 0 Å². The normalized spacial score (nSPS) is 16.5. The van der Waals surface area contributed by atoms with Gasteiger partial charge in [0.2, 0.25) is 0 Å². The second-order valence-corrected chi connectivity index (χ2v) is 9.72. The minimum atomic E-state index is -0.573. The highest BCUT2D eigenvalue weighted by Crippen LogP contribution is 2.41. The van der Waals surface area contributed by atoms with Gasteiger partial charge in [-0.2, -0.15) is 0 Å². The summed E-state index contributed by atoms with van der Waals surface area (Å²) in [5.41, 5.74) is 5.06. The van der Waals surface area contributed by atoms with Crippen molar-refractivity contribution in [3.8, 4) is 0 Å². The van der Waals surface area contributed by atoms with Gasteiger partial charge in [0.15, 0.2) is 0 Å². The monoisotopic (exact) mass is 438 g/mol. The van der Waals surface area contributed by atoms with Crippen LogP contribution in [0.5, 0.6) is 0 Å². The zero-order valence-electron chi connectivity index (χ0n) is 19.5. The van der Waals surface area contributed by atoms with Gasteiger partial charge in [-0.1, -0.05) is 78.9 Å². The number of para-hydroxylation sites is 1. The molecule has 0 spiro atoms. The van der Waals surface area contributed by atoms with Crippen molar-refractivity contribution in [2.24, 2.45) is 0 Å². The molecule has 4 heteroatoms. The number of nitrogens with zero attached hydrogens (tertiary/aromatic N) is 2. The van der Waals surface area contributed by atoms with E-state index in [0.717, 1.165) is 36.1 Å². The number of hydrogen-bond donors (Lipinski definition) is 0. The topological polar surface area (TPSA) is 34.5 Å². The Hall–Kier alpha value is -3.37. The first-order chi connectivity index (χ1) is 15.9. The molecule has 1 aliphatic rings. The zero-order chi connectivity index (χ0) is 23.0. The molecule has 4 aromatic rings. The van der Waals surface area contributed by atoms with Crippen LogP contribution in [0.2, 0.25) is 0 Å². The molecular weight excluding hydrogens is 408 g/mol. The lowest BCUT2D eigenvalue weighted by atomic mass is 9.91. The van der Waals surface area contributed by atoms with Gasteiger partial charge in [0.05, 0.1) is 17.3 Å². The summed E-state index contributed by atoms with van der Waals surface area (Å²) in [5.74, 6) is 0. The van der Waals surface area contributed by atoms with Gasteiger partial charge in [-0.15, -0.1) is 0 Å². The van der Waals surface area contributed by atoms with Crippen LogP contribution in [-0.2, 0) is 17.7 Å². The van der Waals surface area contributed by atoms with Crippen LogP contribution in [0.1, 0.15) is 49.2 Å². The second-order valence-electron chi connectivity index (χ2n) is 9.72. The van der Waals surface area contributed by atoms with E-state index in [4.69, 9.17) is 4.74 Å². The molecule has 0 bridgehead atoms. The summed E-state index contributed by atoms with van der Waals surface area (Å²) in [5, 5.41) is 1.14. The predicted molar refractivity (Wildman–Crippen MR) is 132 cm³/mol. The van der Waals surface area contributed by atoms with E-state index in [-0.39, 0.29) is 12.1 Å². The molecule has 0 N–H and O–H groups in total. The second kappa shape index (κ2) is 8.53. The standard InChI is InChI=1S/C29H30N2O2/c1-29(2,3)33-28(32)31-25-17-11-10-16-23(25)24-18-19-30(20-21-12-6-4-7-13-21)26(27(24)31)22-14-8-5-9-15-22/h4-17,26H,18-20H2,1-3H3/t26-/m1/s1. The van der Waals surface area contributed by atoms with Crippen LogP contribution in [0.4, 0.5) is 4.79 Å². The fourth-order valence-electron chi connectivity index (χ4n) is 4.93. The summed E-state index contributed by atoms with van der Waals surface area (Å²) in [7, 11) is 0. The Labute approximate surface area is 195 Å². The molecule has 0 radical (unpaired) electrons. The van der Waals surface area contributed by atoms with Crippen molar-refractivity contribution in [1.29, 1.82) is 0 Å². The van der Waals surface area contributed by atoms with Crippen LogP contribution in [-0.4, -0.2) is 27.7 Å². The number of carbonyl (C=O) groups excluding carboxylic acids is 1. The molecule has 168 valence electrons. The Morgan fingerprint density at radius 3 is 2.24 bits per heavy atom. The molecule has 0 amide bonds. The highest BCUT2D eigenvalue weighted by Gasteiger charge is 2.36. The molecule has 33 heavy (non-hydrogen) atoms. The quantitative estimate of drug-likeness (QED) is 0.363. The van der Waals surface area contributed by atoms with Gasteiger partial charge in [0.25, 0.3) is 0 Å². The van der Waals surface area contributed by atoms with E-state index in [9.17, 15) is 4.79 Å². The number of benzene rings is 3. The molecule has 0 unspecified atom stereocenters. The van der Waals surface area contributed by atoms with E-state index >= 15 is 0 Å². The Bertz CT molecular complexity index is 1270. The Balaban J connectivity index is 1.71. The zero-order valence-corrected chi connectivity index (χ0v) is 19.5. The number of ether oxygens (including phenoxy) is 1. The molecule has 1 atom stereocenters. The first kappa shape index (κ1) is 21.5. The van der Waals surface area contributed by atoms with Crippen molar-refractivity contribution in [3.63, 3.8) is 0 Å². The van der Waals surface area contributed by atoms with Crippen molar-refractivity contribution < 1.29 is 9.53 Å². The lowest BCUT2D eigenvalue weighted by Crippen LogP contribution is -2.38. The van der Waals surface area contributed by atoms with Crippen LogP contribution in [0.25, 0.3) is 10.9 Å². The van der Waals surface area contributed by atoms with Crippen LogP contribution in [0.3, 0.4) is 0 Å². The van der Waals surface area contributed by atoms with Crippen LogP contribution >= 0.6 is 0 Å². The van der Waals surface area contributed by atoms with Gasteiger partial charge < -0.3 is 4.74 Å². The summed E-state index contributed by atoms with van der Waals surface area (Å²) >= 11 is 0. The molecule has 5 rings (SSSR count). The van der Waals surface area contributed by atoms with Gasteiger partial charge in [-0.25, -0.2) is 9.36 Å². The molecule has 2 heterocycles. The molecule has 0 fully saturated rings. The van der Waals surface area contributed by atoms with Gasteiger partial charge in [0.1, 0.15) is 5.60 Å². The van der Waals surface area contributed by atoms with Crippen molar-refractivity contribution >= 4 is 17.0 Å². The minimum absolute atomic E-state index is 0.0462. The molecule has 4 nitrogen and oxygen atoms in total. The van der Waals surface area contributed by atoms with Gasteiger partial charge in [0, 0.05) is 18.5 Å². The number of rotatable bonds is 3. The number of aromatic nitrogens is 1. The van der Waals surface area contributed by atoms with E-state index in [2.05, 4.69) is 65.6 Å². The van der Waals surface area contributed by atoms with Gasteiger partial charge in [-0.3, -0.25) is 4.90 Å². The van der Waals surface area contributed by atoms with Gasteiger partial charge >= 0.3 is 6.09 Å². The van der Waals surface area contributed by atoms with Crippen LogP contribution in [0, 0.1) is 0 Å². The maximum atomic E-state index is 13.6. The fourth-order valence-corrected chi connectivity index (χ4v) is 4.93. The number of carbonyl (C=O) groups is 1. The van der Waals surface area contributed by atoms with Crippen LogP contribution in [0.15, 0.2) is 84.9 Å². The smallest absolute Gasteiger partial charge is 0.419 e. The maximum Gasteiger partial charge on any atom is 0.419 e. The number of fused-ring (bicyclic) bond motifs is 3. The van der Waals surface area contributed by atoms with E-state index < -0.39 is 5.60 Å². The molecule has 3 aromatic carbocycles. The summed E-state index contributed by atoms with van der Waals surface area (Å²) in [6.45, 7) is 7.48. The largest absolute Gasteiger partial charge is 0.443 e. The van der Waals surface area contributed by atoms with Crippen molar-refractivity contribution in [1.82, 2.24) is 9.47 Å². The fraction of sp³-hybridized carbons (Fsp3) is 0.276. The summed E-state index contributed by atoms with van der Waals surface area (Å²) in [4.78, 5) is 16.1. The summed E-state index contributed by atoms with van der Waals surface area (Å²) < 4.78 is 7.72. The predicted octanol–water partition coefficient (Wildman–Crippen LogP) is 6.57. The Morgan fingerprint density at radius 1 is 0.909 bits per heavy atom.